The van der Waals surface area contributed by atoms with E-state index in [-0.39, 0.29) is 48.9 Å². The first-order chi connectivity index (χ1) is 23.8. The number of hydrogen-bond acceptors (Lipinski definition) is 13. The van der Waals surface area contributed by atoms with Gasteiger partial charge in [0.15, 0.2) is 17.4 Å². The monoisotopic (exact) mass is 735 g/mol. The Bertz CT molecular complexity index is 2200. The molecular formula is C29H35N7O12P2. The average molecular weight is 736 g/mol. The fraction of sp³-hybridized carbons (Fsp3) is 0.379. The highest BCUT2D eigenvalue weighted by Gasteiger charge is 2.46. The molecule has 6 rings (SSSR count). The van der Waals surface area contributed by atoms with Gasteiger partial charge in [-0.15, -0.1) is 0 Å². The summed E-state index contributed by atoms with van der Waals surface area (Å²) >= 11 is 0. The number of nitrogen functional groups attached to an aromatic ring is 1. The summed E-state index contributed by atoms with van der Waals surface area (Å²) in [6.45, 7) is 1.61. The third-order valence-electron chi connectivity index (χ3n) is 8.10. The van der Waals surface area contributed by atoms with Crippen molar-refractivity contribution >= 4 is 66.2 Å². The topological polar surface area (TPSA) is 276 Å². The zero-order valence-electron chi connectivity index (χ0n) is 26.5. The largest absolute Gasteiger partial charge is 0.481 e. The Labute approximate surface area is 282 Å². The normalized spacial score (nSPS) is 21.9. The van der Waals surface area contributed by atoms with Crippen LogP contribution in [0.25, 0.3) is 33.0 Å². The summed E-state index contributed by atoms with van der Waals surface area (Å²) in [6, 6.07) is 13.7. The Morgan fingerprint density at radius 3 is 2.58 bits per heavy atom. The third kappa shape index (κ3) is 7.52. The van der Waals surface area contributed by atoms with E-state index < -0.39 is 52.4 Å². The summed E-state index contributed by atoms with van der Waals surface area (Å²) in [7, 11) is -10.4. The number of para-hydroxylation sites is 1. The fourth-order valence-electron chi connectivity index (χ4n) is 5.83. The van der Waals surface area contributed by atoms with Gasteiger partial charge in [0, 0.05) is 40.5 Å². The highest BCUT2D eigenvalue weighted by atomic mass is 31.3. The number of phosphoric acid groups is 2. The number of aromatic amines is 1. The van der Waals surface area contributed by atoms with Crippen molar-refractivity contribution in [2.24, 2.45) is 0 Å². The van der Waals surface area contributed by atoms with E-state index in [0.717, 1.165) is 39.2 Å². The van der Waals surface area contributed by atoms with Crippen LogP contribution in [0.15, 0.2) is 53.6 Å². The highest BCUT2D eigenvalue weighted by molar-refractivity contribution is 7.61. The number of anilines is 2. The molecule has 3 aromatic heterocycles. The van der Waals surface area contributed by atoms with Crippen LogP contribution in [0, 0.1) is 0 Å². The number of benzene rings is 2. The first-order valence-electron chi connectivity index (χ1n) is 15.5. The van der Waals surface area contributed by atoms with E-state index in [1.165, 1.54) is 0 Å². The lowest BCUT2D eigenvalue weighted by Crippen LogP contribution is -2.33. The predicted molar refractivity (Wildman–Crippen MR) is 179 cm³/mol. The third-order valence-corrected chi connectivity index (χ3v) is 10.7. The number of nitrogens with two attached hydrogens (primary N) is 1. The van der Waals surface area contributed by atoms with Crippen molar-refractivity contribution in [3.8, 4) is 0 Å². The lowest BCUT2D eigenvalue weighted by atomic mass is 10.1. The zero-order chi connectivity index (χ0) is 35.8. The molecule has 1 amide bonds. The first-order valence-corrected chi connectivity index (χ1v) is 18.5. The molecule has 1 aliphatic rings. The number of H-pyrrole nitrogens is 1. The molecule has 2 aromatic carbocycles. The minimum atomic E-state index is -5.26. The van der Waals surface area contributed by atoms with Gasteiger partial charge in [0.25, 0.3) is 5.56 Å². The van der Waals surface area contributed by atoms with E-state index in [0.29, 0.717) is 5.69 Å². The van der Waals surface area contributed by atoms with Crippen molar-refractivity contribution in [2.75, 3.05) is 24.3 Å². The van der Waals surface area contributed by atoms with Gasteiger partial charge in [0.05, 0.1) is 19.5 Å². The number of ether oxygens (including phenoxy) is 1. The maximum atomic E-state index is 12.6. The lowest BCUT2D eigenvalue weighted by molar-refractivity contribution is -0.116. The van der Waals surface area contributed by atoms with Crippen molar-refractivity contribution in [1.29, 1.82) is 0 Å². The molecule has 1 fully saturated rings. The summed E-state index contributed by atoms with van der Waals surface area (Å²) in [5.74, 6) is -0.516. The molecule has 19 nitrogen and oxygen atoms in total. The van der Waals surface area contributed by atoms with Gasteiger partial charge in [0.2, 0.25) is 11.9 Å². The molecule has 8 N–H and O–H groups in total. The molecule has 4 heterocycles. The van der Waals surface area contributed by atoms with Crippen LogP contribution in [-0.4, -0.2) is 81.5 Å². The number of carbonyl (C=O) groups is 1. The van der Waals surface area contributed by atoms with Crippen LogP contribution in [0.4, 0.5) is 11.6 Å². The van der Waals surface area contributed by atoms with E-state index in [1.54, 1.807) is 0 Å². The van der Waals surface area contributed by atoms with Gasteiger partial charge in [-0.25, -0.2) is 14.1 Å². The molecule has 6 atom stereocenters. The molecule has 1 saturated heterocycles. The smallest absolute Gasteiger partial charge is 0.387 e. The molecule has 21 heteroatoms. The number of imidazole rings is 1. The molecule has 50 heavy (non-hydrogen) atoms. The number of phosphoric ester groups is 2. The number of fused-ring (bicyclic) bond motifs is 4. The van der Waals surface area contributed by atoms with Crippen molar-refractivity contribution < 1.29 is 52.0 Å². The second-order valence-corrected chi connectivity index (χ2v) is 14.5. The number of unbranched alkanes of at least 4 members (excludes halogenated alkanes) is 1. The van der Waals surface area contributed by atoms with Gasteiger partial charge in [0.1, 0.15) is 18.3 Å². The number of aliphatic hydroxyl groups is 2. The van der Waals surface area contributed by atoms with E-state index in [1.807, 2.05) is 42.5 Å². The highest BCUT2D eigenvalue weighted by Crippen LogP contribution is 2.60. The summed E-state index contributed by atoms with van der Waals surface area (Å²) in [4.78, 5) is 54.8. The van der Waals surface area contributed by atoms with Gasteiger partial charge in [-0.2, -0.15) is 9.29 Å². The Kier molecular flexibility index (Phi) is 10.3. The second-order valence-electron chi connectivity index (χ2n) is 11.5. The molecule has 0 radical (unpaired) electrons. The van der Waals surface area contributed by atoms with Crippen LogP contribution in [0.2, 0.25) is 0 Å². The maximum Gasteiger partial charge on any atom is 0.481 e. The number of hydrogen-bond donors (Lipinski definition) is 7. The van der Waals surface area contributed by atoms with Gasteiger partial charge in [-0.1, -0.05) is 18.2 Å². The quantitative estimate of drug-likeness (QED) is 0.0637. The van der Waals surface area contributed by atoms with Gasteiger partial charge in [-0.3, -0.25) is 28.2 Å². The van der Waals surface area contributed by atoms with Crippen LogP contribution in [-0.2, 0) is 38.6 Å². The van der Waals surface area contributed by atoms with Gasteiger partial charge < -0.3 is 40.4 Å². The number of nitrogens with one attached hydrogen (secondary N) is 2. The number of aliphatic hydroxyl groups excluding tert-OH is 2. The molecule has 0 saturated carbocycles. The molecule has 0 bridgehead atoms. The minimum Gasteiger partial charge on any atom is -0.387 e. The SMILES string of the molecule is CCn1c2ccccc2c2cc(NC(=O)CCCCOP(=O)(O)OP(=O)(O)OC[C@H]3O[C@@H](n4cnc5c(=O)[nH]c(N)nc54)[C@H](O)[C@@H]3O)ccc21. The Morgan fingerprint density at radius 1 is 1.06 bits per heavy atom. The summed E-state index contributed by atoms with van der Waals surface area (Å²) in [5.41, 5.74) is 7.52. The number of amides is 1. The molecular weight excluding hydrogens is 700 g/mol. The average Bonchev–Trinajstić information content (AvgIpc) is 3.70. The number of rotatable bonds is 14. The fourth-order valence-corrected chi connectivity index (χ4v) is 7.95. The Morgan fingerprint density at radius 2 is 1.80 bits per heavy atom. The Balaban J connectivity index is 0.948. The number of aryl methyl sites for hydroxylation is 1. The van der Waals surface area contributed by atoms with E-state index in [9.17, 15) is 38.7 Å². The van der Waals surface area contributed by atoms with Crippen LogP contribution >= 0.6 is 15.6 Å². The first kappa shape index (κ1) is 35.8. The molecule has 2 unspecified atom stereocenters. The Hall–Kier alpha value is -4.00. The lowest BCUT2D eigenvalue weighted by Gasteiger charge is -2.19. The summed E-state index contributed by atoms with van der Waals surface area (Å²) in [6.07, 6.45) is -4.50. The molecule has 1 aliphatic heterocycles. The van der Waals surface area contributed by atoms with Crippen molar-refractivity contribution in [1.82, 2.24) is 24.1 Å². The molecule has 5 aromatic rings. The van der Waals surface area contributed by atoms with Crippen molar-refractivity contribution in [3.05, 3.63) is 59.1 Å². The molecule has 0 aliphatic carbocycles. The standard InChI is InChI=1S/C29H35N7O12P2/c1-2-35-19-8-4-3-7-17(19)18-13-16(10-11-20(18)35)32-22(37)9-5-6-12-45-49(41,42)48-50(43,44)46-14-21-24(38)25(39)28(47-21)36-15-31-23-26(36)33-29(30)34-27(23)40/h3-4,7-8,10-11,13,15,21,24-25,28,38-39H,2,5-6,9,12,14H2,1H3,(H,32,37)(H,41,42)(H,43,44)(H3,30,33,34,40)/t21-,24-,25-,28-/m1/s1. The van der Waals surface area contributed by atoms with E-state index in [4.69, 9.17) is 19.5 Å². The molecule has 0 spiro atoms. The van der Waals surface area contributed by atoms with Crippen LogP contribution in [0.1, 0.15) is 32.4 Å². The second kappa shape index (κ2) is 14.3. The summed E-state index contributed by atoms with van der Waals surface area (Å²) < 4.78 is 47.5. The van der Waals surface area contributed by atoms with Crippen LogP contribution < -0.4 is 16.6 Å². The van der Waals surface area contributed by atoms with Crippen LogP contribution in [0.5, 0.6) is 0 Å². The van der Waals surface area contributed by atoms with Crippen molar-refractivity contribution in [3.63, 3.8) is 0 Å². The van der Waals surface area contributed by atoms with Gasteiger partial charge in [-0.05, 0) is 44.0 Å². The number of aromatic nitrogens is 5. The van der Waals surface area contributed by atoms with E-state index in [2.05, 4.69) is 36.1 Å². The van der Waals surface area contributed by atoms with Crippen molar-refractivity contribution in [2.45, 2.75) is 57.3 Å². The van der Waals surface area contributed by atoms with E-state index >= 15 is 0 Å². The minimum absolute atomic E-state index is 0.0617. The predicted octanol–water partition coefficient (Wildman–Crippen LogP) is 2.51. The molecule has 268 valence electrons. The maximum absolute atomic E-state index is 12.6. The van der Waals surface area contributed by atoms with Crippen LogP contribution in [0.3, 0.4) is 0 Å². The van der Waals surface area contributed by atoms with Gasteiger partial charge >= 0.3 is 15.6 Å². The summed E-state index contributed by atoms with van der Waals surface area (Å²) in [5, 5.41) is 25.9. The zero-order valence-corrected chi connectivity index (χ0v) is 28.3. The number of nitrogens with zero attached hydrogens (tertiary/aromatic N) is 4. The number of carbonyl (C=O) groups excluding carboxylic acids is 1.